The van der Waals surface area contributed by atoms with Crippen molar-refractivity contribution in [2.75, 3.05) is 7.11 Å². The molecule has 0 radical (unpaired) electrons. The normalized spacial score (nSPS) is 11.8. The van der Waals surface area contributed by atoms with E-state index >= 15 is 0 Å². The molecular weight excluding hydrogens is 264 g/mol. The SMILES string of the molecule is COC(=O)c1cccn2c(CC(C)(C)C)nc(Cl)c12. The third kappa shape index (κ3) is 2.73. The quantitative estimate of drug-likeness (QED) is 0.792. The van der Waals surface area contributed by atoms with Crippen molar-refractivity contribution in [3.8, 4) is 0 Å². The standard InChI is InChI=1S/C14H17ClN2O2/c1-14(2,3)8-10-16-12(15)11-9(13(18)19-4)6-5-7-17(10)11/h5-7H,8H2,1-4H3. The molecule has 0 saturated heterocycles. The van der Waals surface area contributed by atoms with Crippen LogP contribution in [0.4, 0.5) is 0 Å². The number of hydrogen-bond acceptors (Lipinski definition) is 3. The minimum absolute atomic E-state index is 0.0892. The Bertz CT molecular complexity index is 626. The highest BCUT2D eigenvalue weighted by molar-refractivity contribution is 6.33. The van der Waals surface area contributed by atoms with E-state index in [0.29, 0.717) is 16.2 Å². The Morgan fingerprint density at radius 2 is 2.16 bits per heavy atom. The van der Waals surface area contributed by atoms with Crippen LogP contribution in [0.5, 0.6) is 0 Å². The summed E-state index contributed by atoms with van der Waals surface area (Å²) < 4.78 is 6.63. The van der Waals surface area contributed by atoms with Gasteiger partial charge in [0, 0.05) is 12.6 Å². The average molecular weight is 281 g/mol. The topological polar surface area (TPSA) is 43.6 Å². The molecule has 102 valence electrons. The number of aromatic nitrogens is 2. The van der Waals surface area contributed by atoms with Crippen LogP contribution in [0.15, 0.2) is 18.3 Å². The highest BCUT2D eigenvalue weighted by Crippen LogP contribution is 2.27. The molecule has 0 bridgehead atoms. The predicted octanol–water partition coefficient (Wildman–Crippen LogP) is 3.36. The number of rotatable bonds is 2. The molecule has 5 heteroatoms. The van der Waals surface area contributed by atoms with Crippen molar-refractivity contribution in [1.29, 1.82) is 0 Å². The molecule has 0 aliphatic heterocycles. The summed E-state index contributed by atoms with van der Waals surface area (Å²) in [5, 5.41) is 0.334. The fourth-order valence-electron chi connectivity index (χ4n) is 2.03. The number of carbonyl (C=O) groups excluding carboxylic acids is 1. The van der Waals surface area contributed by atoms with Gasteiger partial charge in [-0.15, -0.1) is 0 Å². The van der Waals surface area contributed by atoms with E-state index in [0.717, 1.165) is 12.2 Å². The number of carbonyl (C=O) groups is 1. The lowest BCUT2D eigenvalue weighted by Crippen LogP contribution is -2.12. The van der Waals surface area contributed by atoms with Gasteiger partial charge in [0.25, 0.3) is 0 Å². The molecular formula is C14H17ClN2O2. The van der Waals surface area contributed by atoms with Crippen molar-refractivity contribution in [3.05, 3.63) is 34.9 Å². The largest absolute Gasteiger partial charge is 0.465 e. The summed E-state index contributed by atoms with van der Waals surface area (Å²) in [6.07, 6.45) is 2.63. The van der Waals surface area contributed by atoms with Crippen LogP contribution in [0.1, 0.15) is 37.0 Å². The van der Waals surface area contributed by atoms with Crippen LogP contribution in [0.25, 0.3) is 5.52 Å². The molecule has 0 saturated carbocycles. The van der Waals surface area contributed by atoms with Gasteiger partial charge in [-0.1, -0.05) is 32.4 Å². The lowest BCUT2D eigenvalue weighted by atomic mass is 9.92. The smallest absolute Gasteiger partial charge is 0.340 e. The lowest BCUT2D eigenvalue weighted by Gasteiger charge is -2.16. The third-order valence-corrected chi connectivity index (χ3v) is 3.05. The summed E-state index contributed by atoms with van der Waals surface area (Å²) in [6.45, 7) is 6.39. The van der Waals surface area contributed by atoms with Gasteiger partial charge in [-0.25, -0.2) is 9.78 Å². The molecule has 0 aliphatic rings. The van der Waals surface area contributed by atoms with Crippen molar-refractivity contribution in [2.45, 2.75) is 27.2 Å². The van der Waals surface area contributed by atoms with Crippen LogP contribution < -0.4 is 0 Å². The summed E-state index contributed by atoms with van der Waals surface area (Å²) in [4.78, 5) is 16.1. The Balaban J connectivity index is 2.63. The summed E-state index contributed by atoms with van der Waals surface area (Å²) in [5.41, 5.74) is 1.13. The Morgan fingerprint density at radius 3 is 2.74 bits per heavy atom. The first kappa shape index (κ1) is 13.9. The third-order valence-electron chi connectivity index (χ3n) is 2.79. The van der Waals surface area contributed by atoms with Gasteiger partial charge in [0.05, 0.1) is 18.2 Å². The summed E-state index contributed by atoms with van der Waals surface area (Å²) in [5.74, 6) is 0.438. The van der Waals surface area contributed by atoms with Crippen LogP contribution in [-0.2, 0) is 11.2 Å². The van der Waals surface area contributed by atoms with Crippen LogP contribution in [0.3, 0.4) is 0 Å². The number of esters is 1. The number of methoxy groups -OCH3 is 1. The minimum atomic E-state index is -0.408. The van der Waals surface area contributed by atoms with Gasteiger partial charge in [-0.2, -0.15) is 0 Å². The summed E-state index contributed by atoms with van der Waals surface area (Å²) >= 11 is 6.17. The second-order valence-electron chi connectivity index (χ2n) is 5.69. The number of fused-ring (bicyclic) bond motifs is 1. The van der Waals surface area contributed by atoms with Crippen LogP contribution in [0.2, 0.25) is 5.15 Å². The van der Waals surface area contributed by atoms with E-state index in [1.165, 1.54) is 7.11 Å². The molecule has 0 aromatic carbocycles. The molecule has 2 rings (SSSR count). The van der Waals surface area contributed by atoms with E-state index in [4.69, 9.17) is 16.3 Å². The second-order valence-corrected chi connectivity index (χ2v) is 6.05. The Morgan fingerprint density at radius 1 is 1.47 bits per heavy atom. The van der Waals surface area contributed by atoms with Crippen molar-refractivity contribution in [2.24, 2.45) is 5.41 Å². The van der Waals surface area contributed by atoms with Crippen molar-refractivity contribution >= 4 is 23.1 Å². The lowest BCUT2D eigenvalue weighted by molar-refractivity contribution is 0.0602. The number of hydrogen-bond donors (Lipinski definition) is 0. The van der Waals surface area contributed by atoms with E-state index < -0.39 is 5.97 Å². The van der Waals surface area contributed by atoms with E-state index in [2.05, 4.69) is 25.8 Å². The molecule has 0 unspecified atom stereocenters. The van der Waals surface area contributed by atoms with Crippen molar-refractivity contribution < 1.29 is 9.53 Å². The highest BCUT2D eigenvalue weighted by Gasteiger charge is 2.21. The Kier molecular flexibility index (Phi) is 3.54. The fourth-order valence-corrected chi connectivity index (χ4v) is 2.32. The summed E-state index contributed by atoms with van der Waals surface area (Å²) in [7, 11) is 1.35. The first-order valence-electron chi connectivity index (χ1n) is 6.07. The van der Waals surface area contributed by atoms with Crippen molar-refractivity contribution in [3.63, 3.8) is 0 Å². The average Bonchev–Trinajstić information content (AvgIpc) is 2.63. The monoisotopic (exact) mass is 280 g/mol. The van der Waals surface area contributed by atoms with Gasteiger partial charge < -0.3 is 9.14 Å². The molecule has 4 nitrogen and oxygen atoms in total. The van der Waals surface area contributed by atoms with Crippen LogP contribution in [-0.4, -0.2) is 22.5 Å². The van der Waals surface area contributed by atoms with Gasteiger partial charge in [-0.05, 0) is 17.5 Å². The molecule has 2 aromatic rings. The highest BCUT2D eigenvalue weighted by atomic mass is 35.5. The second kappa shape index (κ2) is 4.85. The zero-order chi connectivity index (χ0) is 14.2. The molecule has 0 amide bonds. The van der Waals surface area contributed by atoms with E-state index in [1.807, 2.05) is 10.6 Å². The first-order chi connectivity index (χ1) is 8.83. The number of halogens is 1. The van der Waals surface area contributed by atoms with Gasteiger partial charge >= 0.3 is 5.97 Å². The predicted molar refractivity (Wildman–Crippen MR) is 74.7 cm³/mol. The van der Waals surface area contributed by atoms with E-state index in [-0.39, 0.29) is 5.41 Å². The number of nitrogens with zero attached hydrogens (tertiary/aromatic N) is 2. The summed E-state index contributed by atoms with van der Waals surface area (Å²) in [6, 6.07) is 3.49. The minimum Gasteiger partial charge on any atom is -0.465 e. The van der Waals surface area contributed by atoms with Crippen molar-refractivity contribution in [1.82, 2.24) is 9.38 Å². The van der Waals surface area contributed by atoms with Gasteiger partial charge in [0.15, 0.2) is 5.15 Å². The first-order valence-corrected chi connectivity index (χ1v) is 6.45. The van der Waals surface area contributed by atoms with Gasteiger partial charge in [-0.3, -0.25) is 0 Å². The Labute approximate surface area is 117 Å². The zero-order valence-corrected chi connectivity index (χ0v) is 12.3. The molecule has 0 aliphatic carbocycles. The molecule has 19 heavy (non-hydrogen) atoms. The fraction of sp³-hybridized carbons (Fsp3) is 0.429. The maximum absolute atomic E-state index is 11.8. The van der Waals surface area contributed by atoms with Gasteiger partial charge in [0.1, 0.15) is 5.82 Å². The molecule has 0 spiro atoms. The molecule has 2 aromatic heterocycles. The molecule has 0 N–H and O–H groups in total. The molecule has 0 fully saturated rings. The number of pyridine rings is 1. The molecule has 0 atom stereocenters. The van der Waals surface area contributed by atoms with Crippen LogP contribution >= 0.6 is 11.6 Å². The number of ether oxygens (including phenoxy) is 1. The van der Waals surface area contributed by atoms with Crippen LogP contribution in [0, 0.1) is 5.41 Å². The van der Waals surface area contributed by atoms with E-state index in [1.54, 1.807) is 12.1 Å². The maximum atomic E-state index is 11.8. The number of imidazole rings is 1. The maximum Gasteiger partial charge on any atom is 0.340 e. The van der Waals surface area contributed by atoms with Gasteiger partial charge in [0.2, 0.25) is 0 Å². The molecule has 2 heterocycles. The zero-order valence-electron chi connectivity index (χ0n) is 11.5. The Hall–Kier alpha value is -1.55. The van der Waals surface area contributed by atoms with E-state index in [9.17, 15) is 4.79 Å².